The summed E-state index contributed by atoms with van der Waals surface area (Å²) in [6.45, 7) is 10.0. The van der Waals surface area contributed by atoms with Crippen LogP contribution < -0.4 is 0 Å². The molecule has 0 saturated heterocycles. The second kappa shape index (κ2) is 5.97. The highest BCUT2D eigenvalue weighted by Gasteiger charge is 2.31. The Balaban J connectivity index is 2.83. The Morgan fingerprint density at radius 1 is 1.53 bits per heavy atom. The molecular formula is C18H30N+. The fourth-order valence-corrected chi connectivity index (χ4v) is 2.87. The first-order valence-corrected chi connectivity index (χ1v) is 7.32. The molecule has 0 aromatic heterocycles. The summed E-state index contributed by atoms with van der Waals surface area (Å²) in [5.41, 5.74) is 1.89. The average molecular weight is 260 g/mol. The maximum absolute atomic E-state index is 5.46. The van der Waals surface area contributed by atoms with Gasteiger partial charge < -0.3 is 4.48 Å². The van der Waals surface area contributed by atoms with Crippen molar-refractivity contribution >= 4 is 0 Å². The van der Waals surface area contributed by atoms with Gasteiger partial charge in [-0.1, -0.05) is 31.6 Å². The first kappa shape index (κ1) is 16.1. The Morgan fingerprint density at radius 2 is 2.16 bits per heavy atom. The van der Waals surface area contributed by atoms with Crippen molar-refractivity contribution in [3.63, 3.8) is 0 Å². The molecule has 0 saturated carbocycles. The molecule has 2 unspecified atom stereocenters. The summed E-state index contributed by atoms with van der Waals surface area (Å²) >= 11 is 0. The molecule has 0 bridgehead atoms. The number of rotatable bonds is 4. The molecule has 2 atom stereocenters. The Morgan fingerprint density at radius 3 is 2.68 bits per heavy atom. The molecule has 0 fully saturated rings. The van der Waals surface area contributed by atoms with Gasteiger partial charge in [-0.25, -0.2) is 0 Å². The zero-order valence-electron chi connectivity index (χ0n) is 13.5. The Hall–Kier alpha value is -1.00. The number of hydrogen-bond acceptors (Lipinski definition) is 0. The van der Waals surface area contributed by atoms with Crippen LogP contribution in [0.15, 0.2) is 23.8 Å². The largest absolute Gasteiger partial charge is 0.313 e. The molecular weight excluding hydrogens is 230 g/mol. The monoisotopic (exact) mass is 260 g/mol. The normalized spacial score (nSPS) is 24.9. The van der Waals surface area contributed by atoms with Gasteiger partial charge in [0.25, 0.3) is 0 Å². The van der Waals surface area contributed by atoms with E-state index in [0.717, 1.165) is 11.0 Å². The van der Waals surface area contributed by atoms with Crippen LogP contribution in [0.3, 0.4) is 0 Å². The summed E-state index contributed by atoms with van der Waals surface area (Å²) in [4.78, 5) is 0. The van der Waals surface area contributed by atoms with Crippen LogP contribution in [0.4, 0.5) is 0 Å². The highest BCUT2D eigenvalue weighted by Crippen LogP contribution is 2.41. The van der Waals surface area contributed by atoms with Gasteiger partial charge in [0.2, 0.25) is 0 Å². The molecule has 1 heteroatoms. The van der Waals surface area contributed by atoms with E-state index in [-0.39, 0.29) is 0 Å². The van der Waals surface area contributed by atoms with E-state index in [0.29, 0.717) is 17.4 Å². The maximum Gasteiger partial charge on any atom is 0.140 e. The minimum Gasteiger partial charge on any atom is -0.313 e. The molecule has 1 nitrogen and oxygen atoms in total. The highest BCUT2D eigenvalue weighted by molar-refractivity contribution is 5.19. The zero-order chi connectivity index (χ0) is 14.7. The van der Waals surface area contributed by atoms with Crippen molar-refractivity contribution in [1.82, 2.24) is 0 Å². The van der Waals surface area contributed by atoms with E-state index in [4.69, 9.17) is 6.42 Å². The van der Waals surface area contributed by atoms with E-state index >= 15 is 0 Å². The van der Waals surface area contributed by atoms with E-state index in [1.54, 1.807) is 0 Å². The summed E-state index contributed by atoms with van der Waals surface area (Å²) < 4.78 is 0.850. The fraction of sp³-hybridized carbons (Fsp3) is 0.667. The average Bonchev–Trinajstić information content (AvgIpc) is 2.27. The first-order chi connectivity index (χ1) is 8.70. The molecule has 0 aliphatic heterocycles. The lowest BCUT2D eigenvalue weighted by Gasteiger charge is -2.38. The SMILES string of the molecule is C#CC[N+](C)(C)C(C)/C=C/C1C(C)=CCCC1(C)C. The Labute approximate surface area is 120 Å². The summed E-state index contributed by atoms with van der Waals surface area (Å²) in [5, 5.41) is 0. The topological polar surface area (TPSA) is 0 Å². The molecule has 1 rings (SSSR count). The van der Waals surface area contributed by atoms with Crippen LogP contribution in [0.1, 0.15) is 40.5 Å². The fourth-order valence-electron chi connectivity index (χ4n) is 2.87. The predicted octanol–water partition coefficient (Wildman–Crippen LogP) is 4.02. The van der Waals surface area contributed by atoms with Gasteiger partial charge in [0, 0.05) is 5.92 Å². The predicted molar refractivity (Wildman–Crippen MR) is 84.7 cm³/mol. The second-order valence-corrected chi connectivity index (χ2v) is 7.22. The van der Waals surface area contributed by atoms with Crippen molar-refractivity contribution in [2.75, 3.05) is 20.6 Å². The summed E-state index contributed by atoms with van der Waals surface area (Å²) in [5.74, 6) is 3.34. The van der Waals surface area contributed by atoms with Crippen LogP contribution in [0.2, 0.25) is 0 Å². The third kappa shape index (κ3) is 3.98. The molecule has 106 valence electrons. The van der Waals surface area contributed by atoms with Crippen molar-refractivity contribution in [3.05, 3.63) is 23.8 Å². The van der Waals surface area contributed by atoms with Gasteiger partial charge in [-0.3, -0.25) is 0 Å². The lowest BCUT2D eigenvalue weighted by molar-refractivity contribution is -0.899. The highest BCUT2D eigenvalue weighted by atomic mass is 15.3. The summed E-state index contributed by atoms with van der Waals surface area (Å²) in [6, 6.07) is 0.446. The van der Waals surface area contributed by atoms with Crippen LogP contribution in [0.5, 0.6) is 0 Å². The lowest BCUT2D eigenvalue weighted by Crippen LogP contribution is -2.46. The van der Waals surface area contributed by atoms with Crippen molar-refractivity contribution < 1.29 is 4.48 Å². The van der Waals surface area contributed by atoms with E-state index in [1.807, 2.05) is 0 Å². The van der Waals surface area contributed by atoms with Gasteiger partial charge in [0.1, 0.15) is 12.6 Å². The Kier molecular flexibility index (Phi) is 5.04. The van der Waals surface area contributed by atoms with Gasteiger partial charge in [-0.05, 0) is 44.1 Å². The summed E-state index contributed by atoms with van der Waals surface area (Å²) in [7, 11) is 4.40. The lowest BCUT2D eigenvalue weighted by atomic mass is 9.68. The second-order valence-electron chi connectivity index (χ2n) is 7.22. The molecule has 0 N–H and O–H groups in total. The molecule has 0 amide bonds. The van der Waals surface area contributed by atoms with Gasteiger partial charge in [-0.15, -0.1) is 6.42 Å². The third-order valence-corrected chi connectivity index (χ3v) is 4.77. The van der Waals surface area contributed by atoms with Gasteiger partial charge >= 0.3 is 0 Å². The van der Waals surface area contributed by atoms with Crippen LogP contribution >= 0.6 is 0 Å². The number of hydrogen-bond donors (Lipinski definition) is 0. The maximum atomic E-state index is 5.46. The Bertz CT molecular complexity index is 404. The van der Waals surface area contributed by atoms with Crippen molar-refractivity contribution in [1.29, 1.82) is 0 Å². The number of likely N-dealkylation sites (N-methyl/N-ethyl adjacent to an activating group) is 1. The molecule has 0 spiro atoms. The molecule has 1 aliphatic rings. The molecule has 1 aliphatic carbocycles. The van der Waals surface area contributed by atoms with Gasteiger partial charge in [-0.2, -0.15) is 0 Å². The molecule has 0 radical (unpaired) electrons. The smallest absolute Gasteiger partial charge is 0.140 e. The van der Waals surface area contributed by atoms with Crippen molar-refractivity contribution in [2.24, 2.45) is 11.3 Å². The number of terminal acetylenes is 1. The van der Waals surface area contributed by atoms with Crippen LogP contribution in [-0.4, -0.2) is 31.2 Å². The van der Waals surface area contributed by atoms with Gasteiger partial charge in [0.05, 0.1) is 14.1 Å². The molecule has 0 aromatic rings. The molecule has 19 heavy (non-hydrogen) atoms. The van der Waals surface area contributed by atoms with Crippen molar-refractivity contribution in [2.45, 2.75) is 46.6 Å². The zero-order valence-corrected chi connectivity index (χ0v) is 13.5. The van der Waals surface area contributed by atoms with E-state index in [1.165, 1.54) is 18.4 Å². The molecule has 0 aromatic carbocycles. The van der Waals surface area contributed by atoms with Crippen molar-refractivity contribution in [3.8, 4) is 12.3 Å². The minimum absolute atomic E-state index is 0.373. The van der Waals surface area contributed by atoms with E-state index < -0.39 is 0 Å². The van der Waals surface area contributed by atoms with E-state index in [2.05, 4.69) is 65.9 Å². The number of quaternary nitrogens is 1. The van der Waals surface area contributed by atoms with Gasteiger partial charge in [0.15, 0.2) is 0 Å². The first-order valence-electron chi connectivity index (χ1n) is 7.32. The number of allylic oxidation sites excluding steroid dienone is 3. The standard InChI is InChI=1S/C18H30N/c1-8-14-19(6,7)16(3)11-12-17-15(2)10-9-13-18(17,4)5/h1,10-12,16-17H,9,13-14H2,2-7H3/q+1/b12-11+. The number of nitrogens with zero attached hydrogens (tertiary/aromatic N) is 1. The third-order valence-electron chi connectivity index (χ3n) is 4.77. The van der Waals surface area contributed by atoms with Crippen LogP contribution in [-0.2, 0) is 0 Å². The van der Waals surface area contributed by atoms with Crippen LogP contribution in [0, 0.1) is 23.7 Å². The molecule has 0 heterocycles. The minimum atomic E-state index is 0.373. The van der Waals surface area contributed by atoms with Crippen LogP contribution in [0.25, 0.3) is 0 Å². The van der Waals surface area contributed by atoms with E-state index in [9.17, 15) is 0 Å². The summed E-state index contributed by atoms with van der Waals surface area (Å²) in [6.07, 6.45) is 15.1. The quantitative estimate of drug-likeness (QED) is 0.407.